The summed E-state index contributed by atoms with van der Waals surface area (Å²) >= 11 is 0. The molecule has 0 spiro atoms. The topological polar surface area (TPSA) is 44.8 Å². The van der Waals surface area contributed by atoms with E-state index in [4.69, 9.17) is 0 Å². The Morgan fingerprint density at radius 2 is 1.61 bits per heavy atom. The van der Waals surface area contributed by atoms with Crippen molar-refractivity contribution in [3.05, 3.63) is 60.2 Å². The highest BCUT2D eigenvalue weighted by atomic mass is 19.3. The van der Waals surface area contributed by atoms with Gasteiger partial charge in [0.25, 0.3) is 0 Å². The van der Waals surface area contributed by atoms with E-state index in [1.165, 1.54) is 11.6 Å². The van der Waals surface area contributed by atoms with Crippen molar-refractivity contribution in [2.24, 2.45) is 0 Å². The summed E-state index contributed by atoms with van der Waals surface area (Å²) in [6, 6.07) is 16.6. The third-order valence-electron chi connectivity index (χ3n) is 4.77. The van der Waals surface area contributed by atoms with Crippen molar-refractivity contribution >= 4 is 11.6 Å². The molecule has 0 radical (unpaired) electrons. The van der Waals surface area contributed by atoms with Crippen LogP contribution in [0, 0.1) is 0 Å². The number of para-hydroxylation sites is 2. The van der Waals surface area contributed by atoms with Crippen LogP contribution >= 0.6 is 0 Å². The molecule has 0 aliphatic carbocycles. The van der Waals surface area contributed by atoms with Crippen LogP contribution in [0.2, 0.25) is 0 Å². The fraction of sp³-hybridized carbons (Fsp3) is 0.381. The van der Waals surface area contributed by atoms with Crippen LogP contribution in [0.4, 0.5) is 14.5 Å². The molecule has 1 fully saturated rings. The molecule has 0 bridgehead atoms. The molecular formula is C21H25F2N3O2. The van der Waals surface area contributed by atoms with Gasteiger partial charge >= 0.3 is 6.61 Å². The Morgan fingerprint density at radius 3 is 2.32 bits per heavy atom. The van der Waals surface area contributed by atoms with Crippen LogP contribution in [-0.2, 0) is 11.2 Å². The summed E-state index contributed by atoms with van der Waals surface area (Å²) in [6.45, 7) is 1.73. The lowest BCUT2D eigenvalue weighted by molar-refractivity contribution is -0.117. The van der Waals surface area contributed by atoms with Crippen LogP contribution in [-0.4, -0.2) is 61.6 Å². The standard InChI is InChI=1S/C21H25F2N3O2/c22-21(23)28-19-9-5-4-8-18(19)24-20(27)16-26-14-12-25(13-15-26)11-10-17-6-2-1-3-7-17/h1-9,21H,10-16H2,(H,24,27). The number of rotatable bonds is 8. The van der Waals surface area contributed by atoms with E-state index in [1.807, 2.05) is 6.07 Å². The summed E-state index contributed by atoms with van der Waals surface area (Å²) in [7, 11) is 0. The number of hydrogen-bond acceptors (Lipinski definition) is 4. The van der Waals surface area contributed by atoms with Gasteiger partial charge in [0.2, 0.25) is 5.91 Å². The molecule has 7 heteroatoms. The predicted octanol–water partition coefficient (Wildman–Crippen LogP) is 3.09. The van der Waals surface area contributed by atoms with Gasteiger partial charge in [-0.05, 0) is 24.1 Å². The molecule has 1 amide bonds. The molecule has 1 heterocycles. The van der Waals surface area contributed by atoms with E-state index in [1.54, 1.807) is 18.2 Å². The SMILES string of the molecule is O=C(CN1CCN(CCc2ccccc2)CC1)Nc1ccccc1OC(F)F. The number of nitrogens with one attached hydrogen (secondary N) is 1. The summed E-state index contributed by atoms with van der Waals surface area (Å²) in [6.07, 6.45) is 1.02. The first-order chi connectivity index (χ1) is 13.6. The normalized spacial score (nSPS) is 15.5. The molecule has 2 aromatic rings. The number of benzene rings is 2. The van der Waals surface area contributed by atoms with Gasteiger partial charge in [-0.25, -0.2) is 0 Å². The van der Waals surface area contributed by atoms with Gasteiger partial charge in [-0.1, -0.05) is 42.5 Å². The van der Waals surface area contributed by atoms with E-state index in [-0.39, 0.29) is 23.9 Å². The molecule has 1 aliphatic rings. The highest BCUT2D eigenvalue weighted by Crippen LogP contribution is 2.25. The second-order valence-electron chi connectivity index (χ2n) is 6.78. The van der Waals surface area contributed by atoms with Crippen molar-refractivity contribution in [1.82, 2.24) is 9.80 Å². The van der Waals surface area contributed by atoms with Crippen molar-refractivity contribution < 1.29 is 18.3 Å². The van der Waals surface area contributed by atoms with E-state index in [0.29, 0.717) is 0 Å². The van der Waals surface area contributed by atoms with Crippen LogP contribution in [0.15, 0.2) is 54.6 Å². The van der Waals surface area contributed by atoms with Crippen molar-refractivity contribution in [2.45, 2.75) is 13.0 Å². The van der Waals surface area contributed by atoms with Crippen LogP contribution in [0.25, 0.3) is 0 Å². The Labute approximate surface area is 163 Å². The molecule has 1 aliphatic heterocycles. The van der Waals surface area contributed by atoms with E-state index in [2.05, 4.69) is 44.1 Å². The van der Waals surface area contributed by atoms with Crippen molar-refractivity contribution in [1.29, 1.82) is 0 Å². The molecule has 0 saturated carbocycles. The summed E-state index contributed by atoms with van der Waals surface area (Å²) in [4.78, 5) is 16.8. The minimum atomic E-state index is -2.93. The summed E-state index contributed by atoms with van der Waals surface area (Å²) in [5.74, 6) is -0.264. The highest BCUT2D eigenvalue weighted by Gasteiger charge is 2.19. The van der Waals surface area contributed by atoms with Gasteiger partial charge in [-0.2, -0.15) is 8.78 Å². The Balaban J connectivity index is 1.41. The minimum absolute atomic E-state index is 0.0309. The minimum Gasteiger partial charge on any atom is -0.433 e. The van der Waals surface area contributed by atoms with E-state index in [0.717, 1.165) is 39.1 Å². The molecule has 3 rings (SSSR count). The molecule has 1 N–H and O–H groups in total. The van der Waals surface area contributed by atoms with Crippen LogP contribution in [0.3, 0.4) is 0 Å². The third kappa shape index (κ3) is 6.28. The lowest BCUT2D eigenvalue weighted by Gasteiger charge is -2.34. The average molecular weight is 389 g/mol. The Hall–Kier alpha value is -2.51. The highest BCUT2D eigenvalue weighted by molar-refractivity contribution is 5.93. The number of amides is 1. The molecule has 1 saturated heterocycles. The Morgan fingerprint density at radius 1 is 0.964 bits per heavy atom. The third-order valence-corrected chi connectivity index (χ3v) is 4.77. The van der Waals surface area contributed by atoms with Gasteiger partial charge in [-0.3, -0.25) is 9.69 Å². The fourth-order valence-corrected chi connectivity index (χ4v) is 3.26. The molecule has 2 aromatic carbocycles. The number of halogens is 2. The molecule has 28 heavy (non-hydrogen) atoms. The molecule has 0 unspecified atom stereocenters. The van der Waals surface area contributed by atoms with Gasteiger partial charge in [-0.15, -0.1) is 0 Å². The average Bonchev–Trinajstić information content (AvgIpc) is 2.69. The lowest BCUT2D eigenvalue weighted by Crippen LogP contribution is -2.49. The number of alkyl halides is 2. The quantitative estimate of drug-likeness (QED) is 0.754. The summed E-state index contributed by atoms with van der Waals surface area (Å²) < 4.78 is 29.4. The van der Waals surface area contributed by atoms with Gasteiger partial charge < -0.3 is 15.0 Å². The maximum atomic E-state index is 12.5. The van der Waals surface area contributed by atoms with Crippen molar-refractivity contribution in [3.63, 3.8) is 0 Å². The van der Waals surface area contributed by atoms with E-state index in [9.17, 15) is 13.6 Å². The molecular weight excluding hydrogens is 364 g/mol. The largest absolute Gasteiger partial charge is 0.433 e. The number of carbonyl (C=O) groups is 1. The zero-order chi connectivity index (χ0) is 19.8. The zero-order valence-corrected chi connectivity index (χ0v) is 15.7. The van der Waals surface area contributed by atoms with Gasteiger partial charge in [0.1, 0.15) is 5.75 Å². The van der Waals surface area contributed by atoms with Crippen LogP contribution in [0.5, 0.6) is 5.75 Å². The number of carbonyl (C=O) groups excluding carboxylic acids is 1. The summed E-state index contributed by atoms with van der Waals surface area (Å²) in [5.41, 5.74) is 1.59. The van der Waals surface area contributed by atoms with Crippen LogP contribution < -0.4 is 10.1 Å². The first kappa shape index (κ1) is 20.2. The monoisotopic (exact) mass is 389 g/mol. The molecule has 0 atom stereocenters. The predicted molar refractivity (Wildman–Crippen MR) is 105 cm³/mol. The van der Waals surface area contributed by atoms with Gasteiger partial charge in [0, 0.05) is 32.7 Å². The zero-order valence-electron chi connectivity index (χ0n) is 15.7. The maximum Gasteiger partial charge on any atom is 0.387 e. The first-order valence-corrected chi connectivity index (χ1v) is 9.42. The Kier molecular flexibility index (Phi) is 7.33. The Bertz CT molecular complexity index is 750. The second kappa shape index (κ2) is 10.1. The first-order valence-electron chi connectivity index (χ1n) is 9.42. The van der Waals surface area contributed by atoms with Crippen molar-refractivity contribution in [2.75, 3.05) is 44.6 Å². The number of ether oxygens (including phenoxy) is 1. The molecule has 0 aromatic heterocycles. The fourth-order valence-electron chi connectivity index (χ4n) is 3.26. The van der Waals surface area contributed by atoms with Gasteiger partial charge in [0.05, 0.1) is 12.2 Å². The number of piperazine rings is 1. The number of nitrogens with zero attached hydrogens (tertiary/aromatic N) is 2. The van der Waals surface area contributed by atoms with Crippen molar-refractivity contribution in [3.8, 4) is 5.75 Å². The summed E-state index contributed by atoms with van der Waals surface area (Å²) in [5, 5.41) is 2.67. The van der Waals surface area contributed by atoms with Gasteiger partial charge in [0.15, 0.2) is 0 Å². The number of anilines is 1. The lowest BCUT2D eigenvalue weighted by atomic mass is 10.1. The van der Waals surface area contributed by atoms with E-state index >= 15 is 0 Å². The van der Waals surface area contributed by atoms with Crippen LogP contribution in [0.1, 0.15) is 5.56 Å². The molecule has 150 valence electrons. The smallest absolute Gasteiger partial charge is 0.387 e. The number of hydrogen-bond donors (Lipinski definition) is 1. The van der Waals surface area contributed by atoms with E-state index < -0.39 is 6.61 Å². The second-order valence-corrected chi connectivity index (χ2v) is 6.78. The maximum absolute atomic E-state index is 12.5. The molecule has 5 nitrogen and oxygen atoms in total.